The Hall–Kier alpha value is -1.36. The predicted octanol–water partition coefficient (Wildman–Crippen LogP) is 2.70. The second-order valence-electron chi connectivity index (χ2n) is 6.26. The van der Waals surface area contributed by atoms with Crippen LogP contribution in [0.25, 0.3) is 0 Å². The lowest BCUT2D eigenvalue weighted by atomic mass is 9.94. The van der Waals surface area contributed by atoms with Gasteiger partial charge in [-0.25, -0.2) is 8.42 Å². The van der Waals surface area contributed by atoms with Gasteiger partial charge in [-0.2, -0.15) is 0 Å². The first kappa shape index (κ1) is 17.0. The van der Waals surface area contributed by atoms with E-state index < -0.39 is 15.6 Å². The average molecular weight is 323 g/mol. The van der Waals surface area contributed by atoms with Crippen molar-refractivity contribution in [1.29, 1.82) is 0 Å². The van der Waals surface area contributed by atoms with Gasteiger partial charge < -0.3 is 4.90 Å². The van der Waals surface area contributed by atoms with Gasteiger partial charge >= 0.3 is 0 Å². The van der Waals surface area contributed by atoms with Crippen molar-refractivity contribution in [2.45, 2.75) is 50.8 Å². The highest BCUT2D eigenvalue weighted by atomic mass is 32.2. The quantitative estimate of drug-likeness (QED) is 0.837. The largest absolute Gasteiger partial charge is 0.342 e. The predicted molar refractivity (Wildman–Crippen MR) is 88.3 cm³/mol. The lowest BCUT2D eigenvalue weighted by Gasteiger charge is -2.31. The smallest absolute Gasteiger partial charge is 0.237 e. The SMILES string of the molecule is Cc1ccccc1CS(=O)(=O)CC(=O)N(C)C1CCCCC1. The van der Waals surface area contributed by atoms with E-state index in [1.165, 1.54) is 6.42 Å². The average Bonchev–Trinajstić information content (AvgIpc) is 2.49. The van der Waals surface area contributed by atoms with Crippen molar-refractivity contribution in [2.75, 3.05) is 12.8 Å². The fraction of sp³-hybridized carbons (Fsp3) is 0.588. The molecule has 0 radical (unpaired) electrons. The lowest BCUT2D eigenvalue weighted by Crippen LogP contribution is -2.41. The summed E-state index contributed by atoms with van der Waals surface area (Å²) in [7, 11) is -1.69. The number of benzene rings is 1. The number of rotatable bonds is 5. The highest BCUT2D eigenvalue weighted by Gasteiger charge is 2.26. The molecule has 5 heteroatoms. The maximum Gasteiger partial charge on any atom is 0.237 e. The molecular formula is C17H25NO3S. The second-order valence-corrected chi connectivity index (χ2v) is 8.32. The Labute approximate surface area is 133 Å². The van der Waals surface area contributed by atoms with Crippen molar-refractivity contribution in [3.8, 4) is 0 Å². The summed E-state index contributed by atoms with van der Waals surface area (Å²) in [6, 6.07) is 7.61. The topological polar surface area (TPSA) is 54.5 Å². The van der Waals surface area contributed by atoms with Gasteiger partial charge in [0.2, 0.25) is 5.91 Å². The summed E-state index contributed by atoms with van der Waals surface area (Å²) in [5.74, 6) is -0.737. The summed E-state index contributed by atoms with van der Waals surface area (Å²) in [6.45, 7) is 1.89. The summed E-state index contributed by atoms with van der Waals surface area (Å²) >= 11 is 0. The first-order valence-electron chi connectivity index (χ1n) is 7.89. The van der Waals surface area contributed by atoms with E-state index in [2.05, 4.69) is 0 Å². The van der Waals surface area contributed by atoms with Crippen molar-refractivity contribution in [3.05, 3.63) is 35.4 Å². The fourth-order valence-electron chi connectivity index (χ4n) is 3.02. The number of carbonyl (C=O) groups excluding carboxylic acids is 1. The zero-order chi connectivity index (χ0) is 16.2. The molecule has 122 valence electrons. The molecule has 0 N–H and O–H groups in total. The van der Waals surface area contributed by atoms with E-state index in [9.17, 15) is 13.2 Å². The molecule has 0 bridgehead atoms. The van der Waals surface area contributed by atoms with Gasteiger partial charge in [-0.15, -0.1) is 0 Å². The normalized spacial score (nSPS) is 16.5. The highest BCUT2D eigenvalue weighted by Crippen LogP contribution is 2.22. The molecule has 2 rings (SSSR count). The van der Waals surface area contributed by atoms with Crippen molar-refractivity contribution in [2.24, 2.45) is 0 Å². The molecule has 0 aromatic heterocycles. The molecule has 1 amide bonds. The molecule has 1 saturated carbocycles. The molecule has 1 fully saturated rings. The summed E-state index contributed by atoms with van der Waals surface area (Å²) in [5.41, 5.74) is 1.72. The lowest BCUT2D eigenvalue weighted by molar-refractivity contribution is -0.129. The molecule has 1 aromatic rings. The van der Waals surface area contributed by atoms with E-state index in [1.54, 1.807) is 11.9 Å². The van der Waals surface area contributed by atoms with Crippen LogP contribution < -0.4 is 0 Å². The molecule has 0 unspecified atom stereocenters. The molecule has 22 heavy (non-hydrogen) atoms. The molecule has 0 spiro atoms. The van der Waals surface area contributed by atoms with E-state index in [0.717, 1.165) is 36.8 Å². The minimum atomic E-state index is -3.43. The van der Waals surface area contributed by atoms with Crippen LogP contribution in [0.5, 0.6) is 0 Å². The van der Waals surface area contributed by atoms with Crippen LogP contribution in [0.15, 0.2) is 24.3 Å². The first-order chi connectivity index (χ1) is 10.4. The van der Waals surface area contributed by atoms with Crippen LogP contribution in [-0.2, 0) is 20.4 Å². The molecule has 1 aromatic carbocycles. The van der Waals surface area contributed by atoms with Crippen molar-refractivity contribution in [3.63, 3.8) is 0 Å². The van der Waals surface area contributed by atoms with Crippen LogP contribution in [0.3, 0.4) is 0 Å². The van der Waals surface area contributed by atoms with E-state index in [0.29, 0.717) is 0 Å². The van der Waals surface area contributed by atoms with Gasteiger partial charge in [-0.3, -0.25) is 4.79 Å². The minimum absolute atomic E-state index is 0.0656. The molecule has 0 aliphatic heterocycles. The third-order valence-corrected chi connectivity index (χ3v) is 5.93. The van der Waals surface area contributed by atoms with Gasteiger partial charge in [0.1, 0.15) is 5.75 Å². The number of carbonyl (C=O) groups is 1. The van der Waals surface area contributed by atoms with Gasteiger partial charge in [0, 0.05) is 13.1 Å². The molecule has 4 nitrogen and oxygen atoms in total. The Balaban J connectivity index is 1.98. The van der Waals surface area contributed by atoms with Gasteiger partial charge in [-0.05, 0) is 30.9 Å². The minimum Gasteiger partial charge on any atom is -0.342 e. The fourth-order valence-corrected chi connectivity index (χ4v) is 4.50. The van der Waals surface area contributed by atoms with E-state index in [1.807, 2.05) is 31.2 Å². The summed E-state index contributed by atoms with van der Waals surface area (Å²) < 4.78 is 24.6. The van der Waals surface area contributed by atoms with E-state index >= 15 is 0 Å². The Kier molecular flexibility index (Phi) is 5.62. The second kappa shape index (κ2) is 7.27. The van der Waals surface area contributed by atoms with Gasteiger partial charge in [0.05, 0.1) is 5.75 Å². The summed E-state index contributed by atoms with van der Waals surface area (Å²) in [5, 5.41) is 0. The Morgan fingerprint density at radius 2 is 1.82 bits per heavy atom. The van der Waals surface area contributed by atoms with E-state index in [-0.39, 0.29) is 17.7 Å². The third kappa shape index (κ3) is 4.57. The highest BCUT2D eigenvalue weighted by molar-refractivity contribution is 7.91. The maximum atomic E-state index is 12.3. The summed E-state index contributed by atoms with van der Waals surface area (Å²) in [6.07, 6.45) is 5.43. The van der Waals surface area contributed by atoms with Crippen LogP contribution in [-0.4, -0.2) is 38.1 Å². The number of nitrogens with zero attached hydrogens (tertiary/aromatic N) is 1. The van der Waals surface area contributed by atoms with Crippen molar-refractivity contribution >= 4 is 15.7 Å². The van der Waals surface area contributed by atoms with Crippen LogP contribution in [0.1, 0.15) is 43.2 Å². The maximum absolute atomic E-state index is 12.3. The van der Waals surface area contributed by atoms with Gasteiger partial charge in [-0.1, -0.05) is 43.5 Å². The molecular weight excluding hydrogens is 298 g/mol. The molecule has 0 saturated heterocycles. The number of hydrogen-bond acceptors (Lipinski definition) is 3. The van der Waals surface area contributed by atoms with Crippen LogP contribution in [0.4, 0.5) is 0 Å². The molecule has 1 aliphatic rings. The molecule has 0 atom stereocenters. The van der Waals surface area contributed by atoms with Crippen molar-refractivity contribution < 1.29 is 13.2 Å². The Morgan fingerprint density at radius 1 is 1.18 bits per heavy atom. The third-order valence-electron chi connectivity index (χ3n) is 4.50. The standard InChI is InChI=1S/C17H25NO3S/c1-14-8-6-7-9-15(14)12-22(20,21)13-17(19)18(2)16-10-4-3-5-11-16/h6-9,16H,3-5,10-13H2,1-2H3. The number of sulfone groups is 1. The Bertz CT molecular complexity index is 619. The van der Waals surface area contributed by atoms with Crippen LogP contribution >= 0.6 is 0 Å². The van der Waals surface area contributed by atoms with E-state index in [4.69, 9.17) is 0 Å². The summed E-state index contributed by atoms with van der Waals surface area (Å²) in [4.78, 5) is 13.9. The Morgan fingerprint density at radius 3 is 2.45 bits per heavy atom. The molecule has 0 heterocycles. The van der Waals surface area contributed by atoms with Crippen molar-refractivity contribution in [1.82, 2.24) is 4.90 Å². The number of hydrogen-bond donors (Lipinski definition) is 0. The van der Waals surface area contributed by atoms with Crippen LogP contribution in [0, 0.1) is 6.92 Å². The molecule has 1 aliphatic carbocycles. The van der Waals surface area contributed by atoms with Crippen LogP contribution in [0.2, 0.25) is 0 Å². The van der Waals surface area contributed by atoms with Gasteiger partial charge in [0.15, 0.2) is 9.84 Å². The van der Waals surface area contributed by atoms with Gasteiger partial charge in [0.25, 0.3) is 0 Å². The monoisotopic (exact) mass is 323 g/mol. The first-order valence-corrected chi connectivity index (χ1v) is 9.72. The number of amides is 1. The zero-order valence-electron chi connectivity index (χ0n) is 13.4. The zero-order valence-corrected chi connectivity index (χ0v) is 14.2. The number of aryl methyl sites for hydroxylation is 1.